The first-order chi connectivity index (χ1) is 9.65. The average molecular weight is 276 g/mol. The fraction of sp³-hybridized carbons (Fsp3) is 0.467. The van der Waals surface area contributed by atoms with E-state index in [1.807, 2.05) is 18.2 Å². The molecule has 1 aliphatic heterocycles. The van der Waals surface area contributed by atoms with E-state index in [9.17, 15) is 9.59 Å². The molecule has 1 aromatic carbocycles. The predicted molar refractivity (Wildman–Crippen MR) is 75.0 cm³/mol. The summed E-state index contributed by atoms with van der Waals surface area (Å²) >= 11 is 0. The molecule has 0 aromatic heterocycles. The first-order valence-corrected chi connectivity index (χ1v) is 6.82. The molecule has 2 N–H and O–H groups in total. The third kappa shape index (κ3) is 3.17. The number of amides is 1. The van der Waals surface area contributed by atoms with E-state index in [1.54, 1.807) is 11.0 Å². The standard InChI is InChI=1S/C15H20N2O3/c1-20-15(19)12-5-7-17(8-6-12)14(18)13-4-2-3-11(9-13)10-16/h2-4,9,12H,5-8,10,16H2,1H3. The van der Waals surface area contributed by atoms with Crippen LogP contribution in [-0.2, 0) is 16.1 Å². The molecule has 20 heavy (non-hydrogen) atoms. The van der Waals surface area contributed by atoms with Crippen LogP contribution in [0.1, 0.15) is 28.8 Å². The minimum atomic E-state index is -0.178. The number of rotatable bonds is 3. The monoisotopic (exact) mass is 276 g/mol. The van der Waals surface area contributed by atoms with Gasteiger partial charge in [-0.15, -0.1) is 0 Å². The Kier molecular flexibility index (Phi) is 4.74. The topological polar surface area (TPSA) is 72.6 Å². The molecule has 2 rings (SSSR count). The Bertz CT molecular complexity index is 494. The molecule has 0 saturated carbocycles. The number of hydrogen-bond acceptors (Lipinski definition) is 4. The van der Waals surface area contributed by atoms with Crippen molar-refractivity contribution in [3.63, 3.8) is 0 Å². The summed E-state index contributed by atoms with van der Waals surface area (Å²) in [6.45, 7) is 1.60. The number of nitrogens with two attached hydrogens (primary N) is 1. The molecule has 5 heteroatoms. The molecule has 1 amide bonds. The normalized spacial score (nSPS) is 16.0. The number of methoxy groups -OCH3 is 1. The van der Waals surface area contributed by atoms with Crippen molar-refractivity contribution in [2.24, 2.45) is 11.7 Å². The molecule has 0 radical (unpaired) electrons. The average Bonchev–Trinajstić information content (AvgIpc) is 2.53. The maximum absolute atomic E-state index is 12.4. The molecule has 5 nitrogen and oxygen atoms in total. The maximum atomic E-state index is 12.4. The van der Waals surface area contributed by atoms with E-state index in [-0.39, 0.29) is 17.8 Å². The van der Waals surface area contributed by atoms with Gasteiger partial charge in [-0.25, -0.2) is 0 Å². The Balaban J connectivity index is 1.99. The summed E-state index contributed by atoms with van der Waals surface area (Å²) in [7, 11) is 1.40. The Hall–Kier alpha value is -1.88. The van der Waals surface area contributed by atoms with Gasteiger partial charge < -0.3 is 15.4 Å². The van der Waals surface area contributed by atoms with Crippen molar-refractivity contribution in [2.45, 2.75) is 19.4 Å². The van der Waals surface area contributed by atoms with Gasteiger partial charge in [-0.1, -0.05) is 12.1 Å². The van der Waals surface area contributed by atoms with Crippen LogP contribution in [0.5, 0.6) is 0 Å². The second-order valence-corrected chi connectivity index (χ2v) is 4.99. The summed E-state index contributed by atoms with van der Waals surface area (Å²) in [5.74, 6) is -0.259. The Morgan fingerprint density at radius 3 is 2.65 bits per heavy atom. The van der Waals surface area contributed by atoms with Gasteiger partial charge in [0.1, 0.15) is 0 Å². The number of hydrogen-bond donors (Lipinski definition) is 1. The molecule has 0 bridgehead atoms. The van der Waals surface area contributed by atoms with Gasteiger partial charge in [0.2, 0.25) is 0 Å². The molecular weight excluding hydrogens is 256 g/mol. The second kappa shape index (κ2) is 6.52. The van der Waals surface area contributed by atoms with Crippen molar-refractivity contribution in [2.75, 3.05) is 20.2 Å². The van der Waals surface area contributed by atoms with E-state index in [0.717, 1.165) is 5.56 Å². The van der Waals surface area contributed by atoms with E-state index in [0.29, 0.717) is 38.0 Å². The summed E-state index contributed by atoms with van der Waals surface area (Å²) < 4.78 is 4.74. The minimum Gasteiger partial charge on any atom is -0.469 e. The molecular formula is C15H20N2O3. The molecule has 0 unspecified atom stereocenters. The van der Waals surface area contributed by atoms with Crippen molar-refractivity contribution in [3.8, 4) is 0 Å². The van der Waals surface area contributed by atoms with Crippen LogP contribution in [0.25, 0.3) is 0 Å². The van der Waals surface area contributed by atoms with Crippen LogP contribution in [0.4, 0.5) is 0 Å². The SMILES string of the molecule is COC(=O)C1CCN(C(=O)c2cccc(CN)c2)CC1. The zero-order valence-electron chi connectivity index (χ0n) is 11.7. The highest BCUT2D eigenvalue weighted by Gasteiger charge is 2.28. The van der Waals surface area contributed by atoms with Gasteiger partial charge in [0.25, 0.3) is 5.91 Å². The Labute approximate surface area is 118 Å². The van der Waals surface area contributed by atoms with E-state index in [4.69, 9.17) is 10.5 Å². The summed E-state index contributed by atoms with van der Waals surface area (Å²) in [5, 5.41) is 0. The molecule has 1 heterocycles. The summed E-state index contributed by atoms with van der Waals surface area (Å²) in [5.41, 5.74) is 7.19. The highest BCUT2D eigenvalue weighted by molar-refractivity contribution is 5.94. The highest BCUT2D eigenvalue weighted by atomic mass is 16.5. The lowest BCUT2D eigenvalue weighted by atomic mass is 9.96. The molecule has 108 valence electrons. The first kappa shape index (κ1) is 14.5. The molecule has 1 aliphatic rings. The van der Waals surface area contributed by atoms with Crippen LogP contribution in [0, 0.1) is 5.92 Å². The van der Waals surface area contributed by atoms with E-state index in [1.165, 1.54) is 7.11 Å². The van der Waals surface area contributed by atoms with Gasteiger partial charge in [0.05, 0.1) is 13.0 Å². The first-order valence-electron chi connectivity index (χ1n) is 6.82. The van der Waals surface area contributed by atoms with E-state index >= 15 is 0 Å². The molecule has 1 fully saturated rings. The number of esters is 1. The number of likely N-dealkylation sites (tertiary alicyclic amines) is 1. The number of ether oxygens (including phenoxy) is 1. The fourth-order valence-corrected chi connectivity index (χ4v) is 2.50. The summed E-state index contributed by atoms with van der Waals surface area (Å²) in [6, 6.07) is 7.37. The van der Waals surface area contributed by atoms with Crippen LogP contribution in [0.3, 0.4) is 0 Å². The summed E-state index contributed by atoms with van der Waals surface area (Å²) in [4.78, 5) is 25.6. The largest absolute Gasteiger partial charge is 0.469 e. The zero-order valence-corrected chi connectivity index (χ0v) is 11.7. The van der Waals surface area contributed by atoms with E-state index < -0.39 is 0 Å². The molecule has 0 atom stereocenters. The molecule has 0 aliphatic carbocycles. The smallest absolute Gasteiger partial charge is 0.308 e. The predicted octanol–water partition coefficient (Wildman–Crippen LogP) is 1.17. The quantitative estimate of drug-likeness (QED) is 0.841. The van der Waals surface area contributed by atoms with E-state index in [2.05, 4.69) is 0 Å². The molecule has 1 aromatic rings. The number of carbonyl (C=O) groups is 2. The molecule has 1 saturated heterocycles. The van der Waals surface area contributed by atoms with Crippen molar-refractivity contribution >= 4 is 11.9 Å². The number of nitrogens with zero attached hydrogens (tertiary/aromatic N) is 1. The highest BCUT2D eigenvalue weighted by Crippen LogP contribution is 2.20. The van der Waals surface area contributed by atoms with Gasteiger partial charge >= 0.3 is 5.97 Å². The van der Waals surface area contributed by atoms with Crippen molar-refractivity contribution in [3.05, 3.63) is 35.4 Å². The van der Waals surface area contributed by atoms with Crippen LogP contribution < -0.4 is 5.73 Å². The number of piperidine rings is 1. The third-order valence-corrected chi connectivity index (χ3v) is 3.73. The van der Waals surface area contributed by atoms with Crippen LogP contribution in [0.2, 0.25) is 0 Å². The van der Waals surface area contributed by atoms with Gasteiger partial charge in [0, 0.05) is 25.2 Å². The Morgan fingerprint density at radius 1 is 1.35 bits per heavy atom. The van der Waals surface area contributed by atoms with Crippen LogP contribution >= 0.6 is 0 Å². The molecule has 0 spiro atoms. The zero-order chi connectivity index (χ0) is 14.5. The minimum absolute atomic E-state index is 0.00335. The van der Waals surface area contributed by atoms with Gasteiger partial charge in [-0.2, -0.15) is 0 Å². The summed E-state index contributed by atoms with van der Waals surface area (Å²) in [6.07, 6.45) is 1.32. The number of benzene rings is 1. The lowest BCUT2D eigenvalue weighted by Gasteiger charge is -2.30. The van der Waals surface area contributed by atoms with Gasteiger partial charge in [0.15, 0.2) is 0 Å². The lowest BCUT2D eigenvalue weighted by molar-refractivity contribution is -0.146. The van der Waals surface area contributed by atoms with Crippen molar-refractivity contribution in [1.29, 1.82) is 0 Å². The third-order valence-electron chi connectivity index (χ3n) is 3.73. The second-order valence-electron chi connectivity index (χ2n) is 4.99. The maximum Gasteiger partial charge on any atom is 0.308 e. The van der Waals surface area contributed by atoms with Gasteiger partial charge in [-0.05, 0) is 30.5 Å². The van der Waals surface area contributed by atoms with Crippen LogP contribution in [0.15, 0.2) is 24.3 Å². The van der Waals surface area contributed by atoms with Crippen molar-refractivity contribution < 1.29 is 14.3 Å². The Morgan fingerprint density at radius 2 is 2.05 bits per heavy atom. The number of carbonyl (C=O) groups excluding carboxylic acids is 2. The fourth-order valence-electron chi connectivity index (χ4n) is 2.50. The van der Waals surface area contributed by atoms with Crippen molar-refractivity contribution in [1.82, 2.24) is 4.90 Å². The van der Waals surface area contributed by atoms with Gasteiger partial charge in [-0.3, -0.25) is 9.59 Å². The van der Waals surface area contributed by atoms with Crippen LogP contribution in [-0.4, -0.2) is 37.0 Å². The lowest BCUT2D eigenvalue weighted by Crippen LogP contribution is -2.40.